The molecule has 86 valence electrons. The molecule has 0 saturated heterocycles. The van der Waals surface area contributed by atoms with Crippen molar-refractivity contribution in [2.24, 2.45) is 10.4 Å². The standard InChI is InChI=1S/C12H16N2O2/c1-12(2,3)11(15)14-10(16-4)9-7-5-6-8-13-9/h5-8H,1-4H3. The van der Waals surface area contributed by atoms with Gasteiger partial charge in [0.25, 0.3) is 5.91 Å². The molecular formula is C12H16N2O2. The molecule has 0 aliphatic rings. The topological polar surface area (TPSA) is 51.5 Å². The molecular weight excluding hydrogens is 204 g/mol. The highest BCUT2D eigenvalue weighted by Crippen LogP contribution is 2.15. The average molecular weight is 220 g/mol. The van der Waals surface area contributed by atoms with Crippen molar-refractivity contribution in [1.82, 2.24) is 4.98 Å². The summed E-state index contributed by atoms with van der Waals surface area (Å²) in [5, 5.41) is 0. The summed E-state index contributed by atoms with van der Waals surface area (Å²) >= 11 is 0. The van der Waals surface area contributed by atoms with Crippen LogP contribution >= 0.6 is 0 Å². The number of ether oxygens (including phenoxy) is 1. The van der Waals surface area contributed by atoms with E-state index in [1.807, 2.05) is 26.8 Å². The summed E-state index contributed by atoms with van der Waals surface area (Å²) in [4.78, 5) is 19.7. The molecule has 0 aromatic carbocycles. The van der Waals surface area contributed by atoms with Crippen molar-refractivity contribution in [2.45, 2.75) is 20.8 Å². The SMILES string of the molecule is COC(=NC(=O)C(C)(C)C)c1ccccn1. The highest BCUT2D eigenvalue weighted by molar-refractivity contribution is 6.01. The second-order valence-electron chi connectivity index (χ2n) is 4.39. The fourth-order valence-electron chi connectivity index (χ4n) is 0.957. The third kappa shape index (κ3) is 3.15. The summed E-state index contributed by atoms with van der Waals surface area (Å²) < 4.78 is 5.07. The molecule has 16 heavy (non-hydrogen) atoms. The molecule has 0 N–H and O–H groups in total. The van der Waals surface area contributed by atoms with Crippen LogP contribution in [0.15, 0.2) is 29.4 Å². The normalized spacial score (nSPS) is 12.4. The molecule has 0 unspecified atom stereocenters. The molecule has 0 spiro atoms. The van der Waals surface area contributed by atoms with Gasteiger partial charge >= 0.3 is 0 Å². The largest absolute Gasteiger partial charge is 0.479 e. The second kappa shape index (κ2) is 4.88. The van der Waals surface area contributed by atoms with Crippen molar-refractivity contribution in [3.63, 3.8) is 0 Å². The van der Waals surface area contributed by atoms with E-state index in [-0.39, 0.29) is 11.8 Å². The van der Waals surface area contributed by atoms with Crippen LogP contribution in [0.1, 0.15) is 26.5 Å². The molecule has 1 heterocycles. The van der Waals surface area contributed by atoms with E-state index in [4.69, 9.17) is 4.74 Å². The number of aromatic nitrogens is 1. The van der Waals surface area contributed by atoms with Crippen LogP contribution in [0.25, 0.3) is 0 Å². The zero-order valence-electron chi connectivity index (χ0n) is 10.0. The van der Waals surface area contributed by atoms with E-state index in [0.717, 1.165) is 0 Å². The van der Waals surface area contributed by atoms with Crippen LogP contribution < -0.4 is 0 Å². The first-order chi connectivity index (χ1) is 7.45. The van der Waals surface area contributed by atoms with Gasteiger partial charge in [-0.15, -0.1) is 0 Å². The lowest BCUT2D eigenvalue weighted by Crippen LogP contribution is -2.20. The van der Waals surface area contributed by atoms with Gasteiger partial charge in [0, 0.05) is 11.6 Å². The van der Waals surface area contributed by atoms with Gasteiger partial charge in [-0.1, -0.05) is 26.8 Å². The molecule has 1 amide bonds. The van der Waals surface area contributed by atoms with Crippen LogP contribution in [-0.4, -0.2) is 23.9 Å². The molecule has 1 aromatic heterocycles. The minimum Gasteiger partial charge on any atom is -0.479 e. The zero-order valence-corrected chi connectivity index (χ0v) is 10.0. The van der Waals surface area contributed by atoms with Gasteiger partial charge in [0.05, 0.1) is 7.11 Å². The number of pyridine rings is 1. The van der Waals surface area contributed by atoms with E-state index in [1.54, 1.807) is 18.3 Å². The van der Waals surface area contributed by atoms with E-state index in [1.165, 1.54) is 7.11 Å². The molecule has 0 radical (unpaired) electrons. The third-order valence-electron chi connectivity index (χ3n) is 1.92. The minimum atomic E-state index is -0.515. The summed E-state index contributed by atoms with van der Waals surface area (Å²) in [6.45, 7) is 5.43. The van der Waals surface area contributed by atoms with Crippen LogP contribution in [0.4, 0.5) is 0 Å². The van der Waals surface area contributed by atoms with E-state index < -0.39 is 5.41 Å². The fraction of sp³-hybridized carbons (Fsp3) is 0.417. The maximum absolute atomic E-state index is 11.7. The van der Waals surface area contributed by atoms with Crippen LogP contribution in [0.3, 0.4) is 0 Å². The zero-order chi connectivity index (χ0) is 12.2. The summed E-state index contributed by atoms with van der Waals surface area (Å²) in [6, 6.07) is 5.36. The van der Waals surface area contributed by atoms with Gasteiger partial charge in [0.15, 0.2) is 0 Å². The smallest absolute Gasteiger partial charge is 0.254 e. The van der Waals surface area contributed by atoms with E-state index >= 15 is 0 Å². The Morgan fingerprint density at radius 1 is 1.38 bits per heavy atom. The van der Waals surface area contributed by atoms with Crippen molar-refractivity contribution >= 4 is 11.8 Å². The third-order valence-corrected chi connectivity index (χ3v) is 1.92. The van der Waals surface area contributed by atoms with E-state index in [2.05, 4.69) is 9.98 Å². The van der Waals surface area contributed by atoms with Crippen LogP contribution in [0.5, 0.6) is 0 Å². The Kier molecular flexibility index (Phi) is 3.77. The Balaban J connectivity index is 3.00. The minimum absolute atomic E-state index is 0.227. The highest BCUT2D eigenvalue weighted by atomic mass is 16.5. The molecule has 0 atom stereocenters. The molecule has 0 aliphatic carbocycles. The van der Waals surface area contributed by atoms with Gasteiger partial charge < -0.3 is 4.74 Å². The van der Waals surface area contributed by atoms with Crippen LogP contribution in [-0.2, 0) is 9.53 Å². The predicted molar refractivity (Wildman–Crippen MR) is 62.2 cm³/mol. The first-order valence-corrected chi connectivity index (χ1v) is 5.03. The molecule has 0 saturated carbocycles. The number of carbonyl (C=O) groups excluding carboxylic acids is 1. The number of amides is 1. The van der Waals surface area contributed by atoms with Crippen LogP contribution in [0.2, 0.25) is 0 Å². The van der Waals surface area contributed by atoms with Crippen molar-refractivity contribution in [1.29, 1.82) is 0 Å². The van der Waals surface area contributed by atoms with E-state index in [9.17, 15) is 4.79 Å². The van der Waals surface area contributed by atoms with Crippen molar-refractivity contribution in [3.05, 3.63) is 30.1 Å². The summed E-state index contributed by atoms with van der Waals surface area (Å²) in [5.41, 5.74) is 0.0426. The van der Waals surface area contributed by atoms with Gasteiger partial charge in [0.1, 0.15) is 5.69 Å². The lowest BCUT2D eigenvalue weighted by atomic mass is 9.96. The Morgan fingerprint density at radius 2 is 2.06 bits per heavy atom. The number of rotatable bonds is 1. The summed E-state index contributed by atoms with van der Waals surface area (Å²) in [6.07, 6.45) is 1.63. The molecule has 0 aliphatic heterocycles. The second-order valence-corrected chi connectivity index (χ2v) is 4.39. The first kappa shape index (κ1) is 12.4. The number of carbonyl (C=O) groups is 1. The van der Waals surface area contributed by atoms with Gasteiger partial charge in [-0.05, 0) is 12.1 Å². The molecule has 4 nitrogen and oxygen atoms in total. The molecule has 1 aromatic rings. The van der Waals surface area contributed by atoms with Gasteiger partial charge in [-0.2, -0.15) is 4.99 Å². The van der Waals surface area contributed by atoms with Crippen molar-refractivity contribution < 1.29 is 9.53 Å². The number of nitrogens with zero attached hydrogens (tertiary/aromatic N) is 2. The van der Waals surface area contributed by atoms with Gasteiger partial charge in [0.2, 0.25) is 5.90 Å². The van der Waals surface area contributed by atoms with Crippen molar-refractivity contribution in [2.75, 3.05) is 7.11 Å². The molecule has 0 bridgehead atoms. The Labute approximate surface area is 95.4 Å². The summed E-state index contributed by atoms with van der Waals surface area (Å²) in [7, 11) is 1.48. The lowest BCUT2D eigenvalue weighted by Gasteiger charge is -2.13. The molecule has 0 fully saturated rings. The Hall–Kier alpha value is -1.71. The quantitative estimate of drug-likeness (QED) is 0.537. The highest BCUT2D eigenvalue weighted by Gasteiger charge is 2.22. The van der Waals surface area contributed by atoms with Gasteiger partial charge in [-0.25, -0.2) is 0 Å². The Morgan fingerprint density at radius 3 is 2.50 bits per heavy atom. The molecule has 1 rings (SSSR count). The monoisotopic (exact) mass is 220 g/mol. The first-order valence-electron chi connectivity index (χ1n) is 5.03. The van der Waals surface area contributed by atoms with Crippen molar-refractivity contribution in [3.8, 4) is 0 Å². The molecule has 4 heteroatoms. The number of hydrogen-bond acceptors (Lipinski definition) is 3. The fourth-order valence-corrected chi connectivity index (χ4v) is 0.957. The van der Waals surface area contributed by atoms with Crippen LogP contribution in [0, 0.1) is 5.41 Å². The summed E-state index contributed by atoms with van der Waals surface area (Å²) in [5.74, 6) is 0.0236. The average Bonchev–Trinajstić information content (AvgIpc) is 2.25. The maximum atomic E-state index is 11.7. The van der Waals surface area contributed by atoms with Gasteiger partial charge in [-0.3, -0.25) is 9.78 Å². The number of hydrogen-bond donors (Lipinski definition) is 0. The predicted octanol–water partition coefficient (Wildman–Crippen LogP) is 2.05. The number of aliphatic imine (C=N–C) groups is 1. The Bertz CT molecular complexity index is 391. The maximum Gasteiger partial charge on any atom is 0.254 e. The lowest BCUT2D eigenvalue weighted by molar-refractivity contribution is -0.124. The van der Waals surface area contributed by atoms with E-state index in [0.29, 0.717) is 5.69 Å². The number of methoxy groups -OCH3 is 1.